The summed E-state index contributed by atoms with van der Waals surface area (Å²) in [6.07, 6.45) is 2.78. The molecule has 3 aromatic carbocycles. The number of ketones is 1. The van der Waals surface area contributed by atoms with Crippen molar-refractivity contribution in [2.75, 3.05) is 63.2 Å². The molecule has 3 heterocycles. The highest BCUT2D eigenvalue weighted by Crippen LogP contribution is 2.35. The molecule has 9 nitrogen and oxygen atoms in total. The first-order valence-electron chi connectivity index (χ1n) is 16.3. The predicted molar refractivity (Wildman–Crippen MR) is 189 cm³/mol. The van der Waals surface area contributed by atoms with Crippen LogP contribution in [0.4, 0.5) is 16.2 Å². The second kappa shape index (κ2) is 13.8. The summed E-state index contributed by atoms with van der Waals surface area (Å²) in [5, 5.41) is 4.88. The molecule has 2 aliphatic rings. The number of anilines is 2. The molecule has 1 saturated heterocycles. The van der Waals surface area contributed by atoms with E-state index in [1.54, 1.807) is 11.8 Å². The number of piperazine rings is 1. The van der Waals surface area contributed by atoms with Crippen molar-refractivity contribution in [1.82, 2.24) is 20.1 Å². The Morgan fingerprint density at radius 1 is 1.00 bits per heavy atom. The van der Waals surface area contributed by atoms with Crippen LogP contribution in [0.1, 0.15) is 41.3 Å². The van der Waals surface area contributed by atoms with Gasteiger partial charge < -0.3 is 29.9 Å². The van der Waals surface area contributed by atoms with Crippen LogP contribution in [-0.4, -0.2) is 91.9 Å². The molecule has 10 heteroatoms. The number of benzene rings is 3. The lowest BCUT2D eigenvalue weighted by Crippen LogP contribution is -2.58. The normalized spacial score (nSPS) is 17.8. The summed E-state index contributed by atoms with van der Waals surface area (Å²) in [5.41, 5.74) is 5.57. The number of Topliss-reactive ketones (excluding diaryl/α,β-unsaturated/α-hetero) is 1. The van der Waals surface area contributed by atoms with Crippen molar-refractivity contribution in [2.24, 2.45) is 5.92 Å². The average molecular weight is 655 g/mol. The first-order chi connectivity index (χ1) is 22.6. The number of fused-ring (bicyclic) bond motifs is 2. The Bertz CT molecular complexity index is 1760. The highest BCUT2D eigenvalue weighted by molar-refractivity contribution is 6.30. The molecule has 246 valence electrons. The average Bonchev–Trinajstić information content (AvgIpc) is 3.50. The molecular formula is C37H43ClN6O3. The number of amides is 3. The van der Waals surface area contributed by atoms with Crippen molar-refractivity contribution in [2.45, 2.75) is 32.2 Å². The Balaban J connectivity index is 1.26. The van der Waals surface area contributed by atoms with E-state index in [0.29, 0.717) is 43.3 Å². The molecule has 2 unspecified atom stereocenters. The lowest BCUT2D eigenvalue weighted by Gasteiger charge is -2.40. The van der Waals surface area contributed by atoms with Gasteiger partial charge in [0.15, 0.2) is 5.78 Å². The predicted octanol–water partition coefficient (Wildman–Crippen LogP) is 5.79. The summed E-state index contributed by atoms with van der Waals surface area (Å²) in [5.74, 6) is -0.188. The third kappa shape index (κ3) is 7.01. The van der Waals surface area contributed by atoms with Gasteiger partial charge in [-0.15, -0.1) is 0 Å². The Hall–Kier alpha value is -4.34. The highest BCUT2D eigenvalue weighted by atomic mass is 35.5. The van der Waals surface area contributed by atoms with Gasteiger partial charge in [-0.3, -0.25) is 9.59 Å². The smallest absolute Gasteiger partial charge is 0.318 e. The third-order valence-electron chi connectivity index (χ3n) is 9.53. The van der Waals surface area contributed by atoms with Crippen LogP contribution >= 0.6 is 11.6 Å². The van der Waals surface area contributed by atoms with E-state index < -0.39 is 6.04 Å². The summed E-state index contributed by atoms with van der Waals surface area (Å²) < 4.78 is 0. The Labute approximate surface area is 281 Å². The fourth-order valence-electron chi connectivity index (χ4n) is 7.08. The molecule has 3 amide bonds. The SMILES string of the molecule is CC(=O)c1ccc(N2CCN(C(=O)NC(C(=O)N3C[C@@H](CN(C)C)Cc4cc(Cl)ccc43)C(C)c3c[nH]c4ccccc34)CC2)cc1. The number of halogens is 1. The van der Waals surface area contributed by atoms with Gasteiger partial charge in [-0.25, -0.2) is 4.79 Å². The standard InChI is InChI=1S/C37H43ClN6O3/c1-24(32-21-39-33-8-6-5-7-31(32)33)35(36(46)44-23-26(22-41(3)4)19-28-20-29(38)11-14-34(28)44)40-37(47)43-17-15-42(16-18-43)30-12-9-27(10-13-30)25(2)45/h5-14,20-21,24,26,35,39H,15-19,22-23H2,1-4H3,(H,40,47)/t24?,26-,35?/m1/s1. The van der Waals surface area contributed by atoms with E-state index in [1.807, 2.05) is 92.8 Å². The first kappa shape index (κ1) is 32.6. The minimum Gasteiger partial charge on any atom is -0.368 e. The highest BCUT2D eigenvalue weighted by Gasteiger charge is 2.38. The summed E-state index contributed by atoms with van der Waals surface area (Å²) in [6.45, 7) is 7.28. The number of rotatable bonds is 8. The molecule has 3 atom stereocenters. The van der Waals surface area contributed by atoms with Crippen molar-refractivity contribution in [1.29, 1.82) is 0 Å². The van der Waals surface area contributed by atoms with E-state index in [9.17, 15) is 14.4 Å². The number of aromatic amines is 1. The van der Waals surface area contributed by atoms with Crippen molar-refractivity contribution in [3.05, 3.63) is 94.6 Å². The van der Waals surface area contributed by atoms with Crippen LogP contribution in [-0.2, 0) is 11.2 Å². The van der Waals surface area contributed by atoms with Gasteiger partial charge in [-0.05, 0) is 93.0 Å². The number of hydrogen-bond donors (Lipinski definition) is 2. The number of H-pyrrole nitrogens is 1. The van der Waals surface area contributed by atoms with Gasteiger partial charge in [0.1, 0.15) is 6.04 Å². The summed E-state index contributed by atoms with van der Waals surface area (Å²) >= 11 is 6.42. The summed E-state index contributed by atoms with van der Waals surface area (Å²) in [4.78, 5) is 51.8. The van der Waals surface area contributed by atoms with E-state index in [-0.39, 0.29) is 29.6 Å². The lowest BCUT2D eigenvalue weighted by molar-refractivity contribution is -0.121. The zero-order chi connectivity index (χ0) is 33.2. The van der Waals surface area contributed by atoms with Crippen LogP contribution in [0.3, 0.4) is 0 Å². The van der Waals surface area contributed by atoms with E-state index in [4.69, 9.17) is 11.6 Å². The van der Waals surface area contributed by atoms with Crippen LogP contribution in [0, 0.1) is 5.92 Å². The Morgan fingerprint density at radius 3 is 2.43 bits per heavy atom. The maximum Gasteiger partial charge on any atom is 0.318 e. The van der Waals surface area contributed by atoms with Gasteiger partial charge in [0.25, 0.3) is 0 Å². The number of urea groups is 1. The van der Waals surface area contributed by atoms with Gasteiger partial charge >= 0.3 is 6.03 Å². The molecular weight excluding hydrogens is 612 g/mol. The Kier molecular flexibility index (Phi) is 9.57. The molecule has 0 radical (unpaired) electrons. The first-order valence-corrected chi connectivity index (χ1v) is 16.7. The number of para-hydroxylation sites is 1. The minimum atomic E-state index is -0.805. The molecule has 0 spiro atoms. The number of carbonyl (C=O) groups excluding carboxylic acids is 3. The molecule has 47 heavy (non-hydrogen) atoms. The molecule has 0 saturated carbocycles. The number of nitrogens with zero attached hydrogens (tertiary/aromatic N) is 4. The topological polar surface area (TPSA) is 92.0 Å². The van der Waals surface area contributed by atoms with Crippen molar-refractivity contribution in [3.63, 3.8) is 0 Å². The number of carbonyl (C=O) groups is 3. The van der Waals surface area contributed by atoms with Gasteiger partial charge in [0, 0.05) is 84.2 Å². The lowest BCUT2D eigenvalue weighted by atomic mass is 9.88. The molecule has 1 fully saturated rings. The van der Waals surface area contributed by atoms with Crippen molar-refractivity contribution in [3.8, 4) is 0 Å². The molecule has 1 aromatic heterocycles. The van der Waals surface area contributed by atoms with E-state index in [2.05, 4.69) is 26.2 Å². The van der Waals surface area contributed by atoms with E-state index in [1.165, 1.54) is 0 Å². The molecule has 6 rings (SSSR count). The summed E-state index contributed by atoms with van der Waals surface area (Å²) in [7, 11) is 4.09. The van der Waals surface area contributed by atoms with Crippen LogP contribution < -0.4 is 15.1 Å². The maximum atomic E-state index is 14.8. The zero-order valence-corrected chi connectivity index (χ0v) is 28.3. The van der Waals surface area contributed by atoms with Crippen molar-refractivity contribution >= 4 is 51.6 Å². The second-order valence-electron chi connectivity index (χ2n) is 13.1. The van der Waals surface area contributed by atoms with Gasteiger partial charge in [-0.2, -0.15) is 0 Å². The second-order valence-corrected chi connectivity index (χ2v) is 13.6. The monoisotopic (exact) mass is 654 g/mol. The van der Waals surface area contributed by atoms with Gasteiger partial charge in [0.2, 0.25) is 5.91 Å². The molecule has 2 N–H and O–H groups in total. The summed E-state index contributed by atoms with van der Waals surface area (Å²) in [6, 6.07) is 20.3. The molecule has 0 aliphatic carbocycles. The van der Waals surface area contributed by atoms with Gasteiger partial charge in [0.05, 0.1) is 0 Å². The molecule has 2 aliphatic heterocycles. The number of hydrogen-bond acceptors (Lipinski definition) is 5. The van der Waals surface area contributed by atoms with E-state index in [0.717, 1.165) is 46.4 Å². The number of aromatic nitrogens is 1. The van der Waals surface area contributed by atoms with Crippen LogP contribution in [0.2, 0.25) is 5.02 Å². The zero-order valence-electron chi connectivity index (χ0n) is 27.5. The number of nitrogens with one attached hydrogen (secondary N) is 2. The van der Waals surface area contributed by atoms with Crippen LogP contribution in [0.25, 0.3) is 10.9 Å². The van der Waals surface area contributed by atoms with Crippen LogP contribution in [0.15, 0.2) is 72.9 Å². The molecule has 0 bridgehead atoms. The largest absolute Gasteiger partial charge is 0.368 e. The quantitative estimate of drug-likeness (QED) is 0.235. The Morgan fingerprint density at radius 2 is 1.72 bits per heavy atom. The molecule has 4 aromatic rings. The van der Waals surface area contributed by atoms with Crippen LogP contribution in [0.5, 0.6) is 0 Å². The fourth-order valence-corrected chi connectivity index (χ4v) is 7.27. The fraction of sp³-hybridized carbons (Fsp3) is 0.378. The minimum absolute atomic E-state index is 0.0362. The third-order valence-corrected chi connectivity index (χ3v) is 9.77. The maximum absolute atomic E-state index is 14.8. The van der Waals surface area contributed by atoms with E-state index >= 15 is 0 Å². The van der Waals surface area contributed by atoms with Crippen molar-refractivity contribution < 1.29 is 14.4 Å². The van der Waals surface area contributed by atoms with Gasteiger partial charge in [-0.1, -0.05) is 36.7 Å².